The second-order valence-corrected chi connectivity index (χ2v) is 11.3. The molecule has 1 fully saturated rings. The number of anilines is 1. The van der Waals surface area contributed by atoms with Crippen molar-refractivity contribution < 1.29 is 13.2 Å². The standard InChI is InChI=1S/C24H32N6O3S/c1-6-34(32,33)28-24(31)19-13-18(16-11-12-20(25-14-16)29(4)5)21-22(15(2)3)27-30(23(21)26-19)17-9-7-8-10-17/h11-15,17H,6-10H2,1-5H3,(H,28,31). The molecule has 1 saturated carbocycles. The normalized spacial score (nSPS) is 14.8. The highest BCUT2D eigenvalue weighted by atomic mass is 32.2. The number of nitrogens with zero attached hydrogens (tertiary/aromatic N) is 5. The van der Waals surface area contributed by atoms with E-state index in [0.29, 0.717) is 5.65 Å². The first kappa shape index (κ1) is 24.1. The van der Waals surface area contributed by atoms with Crippen molar-refractivity contribution in [3.63, 3.8) is 0 Å². The molecule has 3 aromatic heterocycles. The van der Waals surface area contributed by atoms with Crippen molar-refractivity contribution in [2.24, 2.45) is 0 Å². The number of amides is 1. The number of sulfonamides is 1. The van der Waals surface area contributed by atoms with E-state index in [1.54, 1.807) is 12.3 Å². The van der Waals surface area contributed by atoms with Crippen LogP contribution in [0.25, 0.3) is 22.2 Å². The number of carbonyl (C=O) groups excluding carboxylic acids is 1. The minimum atomic E-state index is -3.73. The molecule has 1 aliphatic rings. The van der Waals surface area contributed by atoms with Crippen LogP contribution in [0.1, 0.15) is 74.6 Å². The summed E-state index contributed by atoms with van der Waals surface area (Å²) < 4.78 is 28.2. The fourth-order valence-electron chi connectivity index (χ4n) is 4.39. The van der Waals surface area contributed by atoms with E-state index in [0.717, 1.165) is 53.7 Å². The second-order valence-electron chi connectivity index (χ2n) is 9.31. The first-order valence-electron chi connectivity index (χ1n) is 11.7. The number of pyridine rings is 2. The van der Waals surface area contributed by atoms with E-state index in [-0.39, 0.29) is 23.4 Å². The summed E-state index contributed by atoms with van der Waals surface area (Å²) in [4.78, 5) is 24.1. The van der Waals surface area contributed by atoms with Crippen molar-refractivity contribution in [1.29, 1.82) is 0 Å². The van der Waals surface area contributed by atoms with Crippen molar-refractivity contribution >= 4 is 32.8 Å². The van der Waals surface area contributed by atoms with E-state index in [9.17, 15) is 13.2 Å². The number of carbonyl (C=O) groups is 1. The van der Waals surface area contributed by atoms with Gasteiger partial charge in [-0.3, -0.25) is 4.79 Å². The van der Waals surface area contributed by atoms with Crippen molar-refractivity contribution in [1.82, 2.24) is 24.5 Å². The molecule has 0 spiro atoms. The SMILES string of the molecule is CCS(=O)(=O)NC(=O)c1cc(-c2ccc(N(C)C)nc2)c2c(C(C)C)nn(C3CCCC3)c2n1. The fraction of sp³-hybridized carbons (Fsp3) is 0.500. The smallest absolute Gasteiger partial charge is 0.283 e. The maximum Gasteiger partial charge on any atom is 0.283 e. The molecule has 3 aromatic rings. The van der Waals surface area contributed by atoms with Crippen LogP contribution in [0.2, 0.25) is 0 Å². The molecule has 4 rings (SSSR count). The van der Waals surface area contributed by atoms with Gasteiger partial charge in [0.05, 0.1) is 22.9 Å². The van der Waals surface area contributed by atoms with Gasteiger partial charge in [-0.2, -0.15) is 5.10 Å². The van der Waals surface area contributed by atoms with Gasteiger partial charge in [-0.1, -0.05) is 26.7 Å². The van der Waals surface area contributed by atoms with Crippen LogP contribution in [0.3, 0.4) is 0 Å². The molecular formula is C24H32N6O3S. The Bertz CT molecular complexity index is 1310. The Kier molecular flexibility index (Phi) is 6.62. The average molecular weight is 485 g/mol. The molecule has 0 bridgehead atoms. The van der Waals surface area contributed by atoms with E-state index >= 15 is 0 Å². The molecule has 1 N–H and O–H groups in total. The van der Waals surface area contributed by atoms with Gasteiger partial charge in [-0.25, -0.2) is 27.8 Å². The van der Waals surface area contributed by atoms with E-state index in [4.69, 9.17) is 5.10 Å². The van der Waals surface area contributed by atoms with Gasteiger partial charge in [0.1, 0.15) is 11.5 Å². The average Bonchev–Trinajstić information content (AvgIpc) is 3.46. The highest BCUT2D eigenvalue weighted by Crippen LogP contribution is 2.38. The maximum absolute atomic E-state index is 13.0. The zero-order valence-electron chi connectivity index (χ0n) is 20.4. The van der Waals surface area contributed by atoms with Crippen molar-refractivity contribution in [2.45, 2.75) is 58.4 Å². The second kappa shape index (κ2) is 9.32. The molecule has 0 atom stereocenters. The van der Waals surface area contributed by atoms with Crippen LogP contribution in [0.4, 0.5) is 5.82 Å². The van der Waals surface area contributed by atoms with E-state index < -0.39 is 15.9 Å². The van der Waals surface area contributed by atoms with Crippen LogP contribution in [0.15, 0.2) is 24.4 Å². The Hall–Kier alpha value is -3.01. The van der Waals surface area contributed by atoms with Gasteiger partial charge in [0.2, 0.25) is 10.0 Å². The Morgan fingerprint density at radius 3 is 2.50 bits per heavy atom. The zero-order chi connectivity index (χ0) is 24.6. The first-order valence-corrected chi connectivity index (χ1v) is 13.4. The Balaban J connectivity index is 1.97. The monoisotopic (exact) mass is 484 g/mol. The summed E-state index contributed by atoms with van der Waals surface area (Å²) in [6.07, 6.45) is 6.03. The Labute approximate surface area is 200 Å². The Morgan fingerprint density at radius 1 is 1.24 bits per heavy atom. The summed E-state index contributed by atoms with van der Waals surface area (Å²) in [5, 5.41) is 5.85. The lowest BCUT2D eigenvalue weighted by atomic mass is 9.98. The lowest BCUT2D eigenvalue weighted by Gasteiger charge is -2.14. The summed E-state index contributed by atoms with van der Waals surface area (Å²) in [6.45, 7) is 5.67. The summed E-state index contributed by atoms with van der Waals surface area (Å²) in [7, 11) is 0.118. The molecule has 34 heavy (non-hydrogen) atoms. The molecule has 0 aliphatic heterocycles. The third-order valence-corrected chi connectivity index (χ3v) is 7.54. The topological polar surface area (TPSA) is 110 Å². The quantitative estimate of drug-likeness (QED) is 0.542. The third kappa shape index (κ3) is 4.64. The highest BCUT2D eigenvalue weighted by molar-refractivity contribution is 7.90. The highest BCUT2D eigenvalue weighted by Gasteiger charge is 2.27. The van der Waals surface area contributed by atoms with Crippen LogP contribution in [-0.2, 0) is 10.0 Å². The summed E-state index contributed by atoms with van der Waals surface area (Å²) in [5.74, 6) is 0.0149. The molecular weight excluding hydrogens is 452 g/mol. The minimum absolute atomic E-state index is 0.0469. The molecule has 10 heteroatoms. The number of fused-ring (bicyclic) bond motifs is 1. The fourth-order valence-corrected chi connectivity index (χ4v) is 4.92. The largest absolute Gasteiger partial charge is 0.363 e. The van der Waals surface area contributed by atoms with Gasteiger partial charge in [0.25, 0.3) is 5.91 Å². The number of hydrogen-bond donors (Lipinski definition) is 1. The van der Waals surface area contributed by atoms with E-state index in [1.807, 2.05) is 35.8 Å². The number of aromatic nitrogens is 4. The molecule has 0 radical (unpaired) electrons. The molecule has 3 heterocycles. The zero-order valence-corrected chi connectivity index (χ0v) is 21.2. The Morgan fingerprint density at radius 2 is 1.94 bits per heavy atom. The van der Waals surface area contributed by atoms with Gasteiger partial charge in [0.15, 0.2) is 5.65 Å². The minimum Gasteiger partial charge on any atom is -0.363 e. The molecule has 1 aliphatic carbocycles. The molecule has 0 unspecified atom stereocenters. The van der Waals surface area contributed by atoms with Crippen LogP contribution < -0.4 is 9.62 Å². The van der Waals surface area contributed by atoms with Crippen LogP contribution in [0, 0.1) is 0 Å². The maximum atomic E-state index is 13.0. The van der Waals surface area contributed by atoms with E-state index in [2.05, 4.69) is 28.5 Å². The van der Waals surface area contributed by atoms with Gasteiger partial charge < -0.3 is 4.90 Å². The summed E-state index contributed by atoms with van der Waals surface area (Å²) in [6, 6.07) is 5.74. The predicted molar refractivity (Wildman–Crippen MR) is 134 cm³/mol. The number of nitrogens with one attached hydrogen (secondary N) is 1. The van der Waals surface area contributed by atoms with Crippen LogP contribution >= 0.6 is 0 Å². The van der Waals surface area contributed by atoms with Crippen molar-refractivity contribution in [3.05, 3.63) is 35.8 Å². The lowest BCUT2D eigenvalue weighted by Crippen LogP contribution is -2.32. The van der Waals surface area contributed by atoms with Crippen LogP contribution in [-0.4, -0.2) is 53.9 Å². The molecule has 9 nitrogen and oxygen atoms in total. The lowest BCUT2D eigenvalue weighted by molar-refractivity contribution is 0.0977. The third-order valence-electron chi connectivity index (χ3n) is 6.28. The van der Waals surface area contributed by atoms with Gasteiger partial charge in [-0.05, 0) is 49.4 Å². The predicted octanol–water partition coefficient (Wildman–Crippen LogP) is 3.88. The van der Waals surface area contributed by atoms with Crippen molar-refractivity contribution in [2.75, 3.05) is 24.7 Å². The molecule has 0 saturated heterocycles. The molecule has 182 valence electrons. The number of hydrogen-bond acceptors (Lipinski definition) is 7. The molecule has 0 aromatic carbocycles. The van der Waals surface area contributed by atoms with Gasteiger partial charge in [0, 0.05) is 25.9 Å². The number of rotatable bonds is 7. The van der Waals surface area contributed by atoms with E-state index in [1.165, 1.54) is 6.92 Å². The first-order chi connectivity index (χ1) is 16.1. The summed E-state index contributed by atoms with van der Waals surface area (Å²) >= 11 is 0. The molecule has 1 amide bonds. The van der Waals surface area contributed by atoms with Crippen molar-refractivity contribution in [3.8, 4) is 11.1 Å². The van der Waals surface area contributed by atoms with Gasteiger partial charge in [-0.15, -0.1) is 0 Å². The summed E-state index contributed by atoms with van der Waals surface area (Å²) in [5.41, 5.74) is 3.16. The van der Waals surface area contributed by atoms with Gasteiger partial charge >= 0.3 is 0 Å². The van der Waals surface area contributed by atoms with Crippen LogP contribution in [0.5, 0.6) is 0 Å².